The first-order valence-corrected chi connectivity index (χ1v) is 10.4. The third kappa shape index (κ3) is 10.6. The molecule has 1 heterocycles. The average molecular weight is 503 g/mol. The number of piperazine rings is 1. The molecule has 0 atom stereocenters. The molecule has 2 rings (SSSR count). The maximum atomic E-state index is 5.36. The van der Waals surface area contributed by atoms with Gasteiger partial charge in [-0.3, -0.25) is 9.89 Å². The largest absolute Gasteiger partial charge is 0.380 e. The zero-order valence-electron chi connectivity index (χ0n) is 17.5. The lowest BCUT2D eigenvalue weighted by atomic mass is 10.2. The van der Waals surface area contributed by atoms with Crippen molar-refractivity contribution in [1.29, 1.82) is 0 Å². The molecule has 0 aliphatic carbocycles. The molecule has 1 saturated heterocycles. The molecule has 1 aliphatic heterocycles. The van der Waals surface area contributed by atoms with Crippen LogP contribution in [-0.2, 0) is 11.3 Å². The Morgan fingerprint density at radius 1 is 1.04 bits per heavy atom. The molecular formula is C21H38IN5O. The van der Waals surface area contributed by atoms with E-state index >= 15 is 0 Å². The fraction of sp³-hybridized carbons (Fsp3) is 0.667. The molecule has 0 radical (unpaired) electrons. The summed E-state index contributed by atoms with van der Waals surface area (Å²) in [5.41, 5.74) is 1.41. The van der Waals surface area contributed by atoms with Crippen LogP contribution >= 0.6 is 24.0 Å². The Hall–Kier alpha value is -0.900. The second-order valence-electron chi connectivity index (χ2n) is 6.84. The highest BCUT2D eigenvalue weighted by atomic mass is 127. The molecule has 0 bridgehead atoms. The van der Waals surface area contributed by atoms with Crippen LogP contribution < -0.4 is 10.6 Å². The Balaban J connectivity index is 0.00000392. The number of nitrogens with zero attached hydrogens (tertiary/aromatic N) is 3. The van der Waals surface area contributed by atoms with E-state index in [4.69, 9.17) is 4.74 Å². The molecule has 7 heteroatoms. The highest BCUT2D eigenvalue weighted by Gasteiger charge is 2.16. The minimum absolute atomic E-state index is 0. The summed E-state index contributed by atoms with van der Waals surface area (Å²) in [5, 5.41) is 6.61. The van der Waals surface area contributed by atoms with E-state index in [0.717, 1.165) is 77.9 Å². The van der Waals surface area contributed by atoms with Gasteiger partial charge in [-0.2, -0.15) is 0 Å². The molecule has 1 aromatic carbocycles. The van der Waals surface area contributed by atoms with Crippen molar-refractivity contribution in [1.82, 2.24) is 20.4 Å². The maximum absolute atomic E-state index is 5.36. The van der Waals surface area contributed by atoms with Crippen molar-refractivity contribution in [3.63, 3.8) is 0 Å². The van der Waals surface area contributed by atoms with Gasteiger partial charge in [-0.1, -0.05) is 30.3 Å². The minimum atomic E-state index is 0. The SMILES string of the molecule is CCNC(=NCCCN1CCN(Cc2ccccc2)CC1)NCCOCC.I. The normalized spacial score (nSPS) is 15.9. The number of benzene rings is 1. The molecule has 2 N–H and O–H groups in total. The predicted octanol–water partition coefficient (Wildman–Crippen LogP) is 2.40. The van der Waals surface area contributed by atoms with Crippen molar-refractivity contribution in [2.75, 3.05) is 65.6 Å². The van der Waals surface area contributed by atoms with Gasteiger partial charge in [0.15, 0.2) is 5.96 Å². The number of ether oxygens (including phenoxy) is 1. The van der Waals surface area contributed by atoms with Crippen LogP contribution in [0.1, 0.15) is 25.8 Å². The van der Waals surface area contributed by atoms with Gasteiger partial charge in [0.05, 0.1) is 6.61 Å². The molecule has 160 valence electrons. The summed E-state index contributed by atoms with van der Waals surface area (Å²) >= 11 is 0. The van der Waals surface area contributed by atoms with E-state index < -0.39 is 0 Å². The second kappa shape index (κ2) is 16.0. The summed E-state index contributed by atoms with van der Waals surface area (Å²) in [6.45, 7) is 14.9. The summed E-state index contributed by atoms with van der Waals surface area (Å²) in [5.74, 6) is 0.893. The van der Waals surface area contributed by atoms with Gasteiger partial charge < -0.3 is 20.3 Å². The third-order valence-electron chi connectivity index (χ3n) is 4.70. The molecule has 0 amide bonds. The van der Waals surface area contributed by atoms with Crippen LogP contribution in [0.5, 0.6) is 0 Å². The Kier molecular flexibility index (Phi) is 14.3. The molecule has 1 aliphatic rings. The third-order valence-corrected chi connectivity index (χ3v) is 4.70. The van der Waals surface area contributed by atoms with Crippen molar-refractivity contribution in [2.24, 2.45) is 4.99 Å². The van der Waals surface area contributed by atoms with Gasteiger partial charge in [0.1, 0.15) is 0 Å². The van der Waals surface area contributed by atoms with Crippen LogP contribution in [0, 0.1) is 0 Å². The lowest BCUT2D eigenvalue weighted by Gasteiger charge is -2.34. The Morgan fingerprint density at radius 2 is 1.75 bits per heavy atom. The van der Waals surface area contributed by atoms with Gasteiger partial charge in [0.2, 0.25) is 0 Å². The van der Waals surface area contributed by atoms with E-state index in [1.54, 1.807) is 0 Å². The quantitative estimate of drug-likeness (QED) is 0.210. The van der Waals surface area contributed by atoms with E-state index in [2.05, 4.69) is 62.7 Å². The number of guanidine groups is 1. The summed E-state index contributed by atoms with van der Waals surface area (Å²) in [6.07, 6.45) is 1.10. The van der Waals surface area contributed by atoms with Gasteiger partial charge in [0, 0.05) is 65.5 Å². The van der Waals surface area contributed by atoms with Crippen molar-refractivity contribution in [3.05, 3.63) is 35.9 Å². The fourth-order valence-corrected chi connectivity index (χ4v) is 3.23. The van der Waals surface area contributed by atoms with Gasteiger partial charge in [-0.15, -0.1) is 24.0 Å². The molecule has 0 unspecified atom stereocenters. The highest BCUT2D eigenvalue weighted by Crippen LogP contribution is 2.08. The monoisotopic (exact) mass is 503 g/mol. The Labute approximate surface area is 188 Å². The Morgan fingerprint density at radius 3 is 2.43 bits per heavy atom. The number of hydrogen-bond donors (Lipinski definition) is 2. The van der Waals surface area contributed by atoms with Crippen LogP contribution in [0.25, 0.3) is 0 Å². The molecule has 0 spiro atoms. The first kappa shape index (κ1) is 25.1. The summed E-state index contributed by atoms with van der Waals surface area (Å²) in [7, 11) is 0. The zero-order chi connectivity index (χ0) is 19.2. The molecule has 1 aromatic rings. The molecule has 1 fully saturated rings. The van der Waals surface area contributed by atoms with Crippen molar-refractivity contribution in [3.8, 4) is 0 Å². The van der Waals surface area contributed by atoms with Crippen molar-refractivity contribution in [2.45, 2.75) is 26.8 Å². The van der Waals surface area contributed by atoms with Crippen LogP contribution in [0.4, 0.5) is 0 Å². The van der Waals surface area contributed by atoms with E-state index in [1.807, 2.05) is 6.92 Å². The van der Waals surface area contributed by atoms with Gasteiger partial charge in [0.25, 0.3) is 0 Å². The maximum Gasteiger partial charge on any atom is 0.191 e. The van der Waals surface area contributed by atoms with E-state index in [-0.39, 0.29) is 24.0 Å². The van der Waals surface area contributed by atoms with Gasteiger partial charge in [-0.05, 0) is 25.8 Å². The first-order chi connectivity index (χ1) is 13.3. The number of nitrogens with one attached hydrogen (secondary N) is 2. The topological polar surface area (TPSA) is 52.1 Å². The van der Waals surface area contributed by atoms with Crippen LogP contribution in [0.3, 0.4) is 0 Å². The fourth-order valence-electron chi connectivity index (χ4n) is 3.23. The van der Waals surface area contributed by atoms with E-state index in [1.165, 1.54) is 5.56 Å². The summed E-state index contributed by atoms with van der Waals surface area (Å²) < 4.78 is 5.36. The predicted molar refractivity (Wildman–Crippen MR) is 129 cm³/mol. The molecule has 0 saturated carbocycles. The smallest absolute Gasteiger partial charge is 0.191 e. The van der Waals surface area contributed by atoms with Gasteiger partial charge in [-0.25, -0.2) is 0 Å². The molecular weight excluding hydrogens is 465 g/mol. The number of aliphatic imine (C=N–C) groups is 1. The van der Waals surface area contributed by atoms with Crippen molar-refractivity contribution < 1.29 is 4.74 Å². The number of hydrogen-bond acceptors (Lipinski definition) is 4. The lowest BCUT2D eigenvalue weighted by molar-refractivity contribution is 0.127. The number of rotatable bonds is 11. The van der Waals surface area contributed by atoms with Crippen molar-refractivity contribution >= 4 is 29.9 Å². The highest BCUT2D eigenvalue weighted by molar-refractivity contribution is 14.0. The molecule has 6 nitrogen and oxygen atoms in total. The Bertz CT molecular complexity index is 521. The summed E-state index contributed by atoms with van der Waals surface area (Å²) in [4.78, 5) is 9.78. The standard InChI is InChI=1S/C21H37N5O.HI/c1-3-22-21(24-12-18-27-4-2)23-11-8-13-25-14-16-26(17-15-25)19-20-9-6-5-7-10-20;/h5-7,9-10H,3-4,8,11-19H2,1-2H3,(H2,22,23,24);1H. The van der Waals surface area contributed by atoms with E-state index in [9.17, 15) is 0 Å². The first-order valence-electron chi connectivity index (χ1n) is 10.4. The van der Waals surface area contributed by atoms with Crippen LogP contribution in [0.2, 0.25) is 0 Å². The van der Waals surface area contributed by atoms with Crippen LogP contribution in [0.15, 0.2) is 35.3 Å². The van der Waals surface area contributed by atoms with Crippen LogP contribution in [-0.4, -0.2) is 81.3 Å². The lowest BCUT2D eigenvalue weighted by Crippen LogP contribution is -2.46. The average Bonchev–Trinajstić information content (AvgIpc) is 2.70. The summed E-state index contributed by atoms with van der Waals surface area (Å²) in [6, 6.07) is 10.8. The second-order valence-corrected chi connectivity index (χ2v) is 6.84. The van der Waals surface area contributed by atoms with E-state index in [0.29, 0.717) is 6.61 Å². The minimum Gasteiger partial charge on any atom is -0.380 e. The number of halogens is 1. The van der Waals surface area contributed by atoms with Gasteiger partial charge >= 0.3 is 0 Å². The molecule has 0 aromatic heterocycles. The molecule has 28 heavy (non-hydrogen) atoms. The zero-order valence-corrected chi connectivity index (χ0v) is 19.9.